The van der Waals surface area contributed by atoms with Crippen LogP contribution in [0.2, 0.25) is 0 Å². The highest BCUT2D eigenvalue weighted by molar-refractivity contribution is 7.92. The van der Waals surface area contributed by atoms with Gasteiger partial charge in [0.1, 0.15) is 6.54 Å². The molecule has 0 spiro atoms. The van der Waals surface area contributed by atoms with E-state index in [0.29, 0.717) is 11.3 Å². The Hall–Kier alpha value is -3.41. The van der Waals surface area contributed by atoms with Crippen LogP contribution in [0.15, 0.2) is 40.2 Å². The van der Waals surface area contributed by atoms with Crippen molar-refractivity contribution in [2.75, 3.05) is 11.0 Å². The van der Waals surface area contributed by atoms with Gasteiger partial charge in [-0.3, -0.25) is 18.9 Å². The van der Waals surface area contributed by atoms with Crippen molar-refractivity contribution in [1.82, 2.24) is 24.0 Å². The standard InChI is InChI=1S/C18H22N6O5S/c1-11(12-6-5-7-13(8-12)21-30(4,28)29)20-14(25)9-24-17(26)15-16(19-10-22(15)2)23(3)18(24)27/h5-8,10-11,21H,9H2,1-4H3,(H,20,25). The number of carbonyl (C=O) groups is 1. The number of nitrogens with zero attached hydrogens (tertiary/aromatic N) is 4. The highest BCUT2D eigenvalue weighted by Gasteiger charge is 2.18. The van der Waals surface area contributed by atoms with E-state index in [0.717, 1.165) is 10.8 Å². The fourth-order valence-electron chi connectivity index (χ4n) is 3.14. The lowest BCUT2D eigenvalue weighted by atomic mass is 10.1. The first-order valence-electron chi connectivity index (χ1n) is 8.96. The Morgan fingerprint density at radius 1 is 1.23 bits per heavy atom. The Kier molecular flexibility index (Phi) is 5.53. The van der Waals surface area contributed by atoms with Crippen LogP contribution in [0.4, 0.5) is 5.69 Å². The molecule has 0 bridgehead atoms. The van der Waals surface area contributed by atoms with Crippen molar-refractivity contribution in [2.24, 2.45) is 14.1 Å². The summed E-state index contributed by atoms with van der Waals surface area (Å²) < 4.78 is 28.7. The normalized spacial score (nSPS) is 12.7. The van der Waals surface area contributed by atoms with E-state index >= 15 is 0 Å². The highest BCUT2D eigenvalue weighted by atomic mass is 32.2. The lowest BCUT2D eigenvalue weighted by Crippen LogP contribution is -2.43. The number of aryl methyl sites for hydroxylation is 2. The number of hydrogen-bond donors (Lipinski definition) is 2. The molecule has 0 fully saturated rings. The van der Waals surface area contributed by atoms with Gasteiger partial charge in [-0.2, -0.15) is 0 Å². The Balaban J connectivity index is 1.83. The summed E-state index contributed by atoms with van der Waals surface area (Å²) in [5.41, 5.74) is 0.232. The first-order valence-corrected chi connectivity index (χ1v) is 10.8. The maximum Gasteiger partial charge on any atom is 0.332 e. The van der Waals surface area contributed by atoms with Crippen LogP contribution in [0.1, 0.15) is 18.5 Å². The van der Waals surface area contributed by atoms with Crippen molar-refractivity contribution in [2.45, 2.75) is 19.5 Å². The van der Waals surface area contributed by atoms with Crippen LogP contribution in [0, 0.1) is 0 Å². The summed E-state index contributed by atoms with van der Waals surface area (Å²) in [4.78, 5) is 41.8. The van der Waals surface area contributed by atoms with Crippen LogP contribution in [0.3, 0.4) is 0 Å². The fourth-order valence-corrected chi connectivity index (χ4v) is 3.69. The number of imidazole rings is 1. The zero-order chi connectivity index (χ0) is 22.2. The Morgan fingerprint density at radius 2 is 1.93 bits per heavy atom. The zero-order valence-electron chi connectivity index (χ0n) is 16.9. The summed E-state index contributed by atoms with van der Waals surface area (Å²) >= 11 is 0. The summed E-state index contributed by atoms with van der Waals surface area (Å²) in [6.45, 7) is 1.25. The molecule has 1 unspecified atom stereocenters. The average molecular weight is 434 g/mol. The second kappa shape index (κ2) is 7.78. The molecule has 2 N–H and O–H groups in total. The number of benzene rings is 1. The van der Waals surface area contributed by atoms with E-state index in [1.54, 1.807) is 38.2 Å². The Labute approximate surface area is 172 Å². The van der Waals surface area contributed by atoms with E-state index in [-0.39, 0.29) is 11.2 Å². The Bertz CT molecular complexity index is 1350. The van der Waals surface area contributed by atoms with Gasteiger partial charge in [-0.25, -0.2) is 22.8 Å². The molecule has 0 saturated carbocycles. The largest absolute Gasteiger partial charge is 0.348 e. The van der Waals surface area contributed by atoms with Gasteiger partial charge in [0, 0.05) is 19.8 Å². The summed E-state index contributed by atoms with van der Waals surface area (Å²) in [6.07, 6.45) is 2.47. The lowest BCUT2D eigenvalue weighted by Gasteiger charge is -2.16. The van der Waals surface area contributed by atoms with Crippen LogP contribution >= 0.6 is 0 Å². The molecule has 160 valence electrons. The van der Waals surface area contributed by atoms with Crippen LogP contribution in [0.25, 0.3) is 11.2 Å². The lowest BCUT2D eigenvalue weighted by molar-refractivity contribution is -0.122. The summed E-state index contributed by atoms with van der Waals surface area (Å²) in [6, 6.07) is 6.08. The topological polar surface area (TPSA) is 137 Å². The predicted molar refractivity (Wildman–Crippen MR) is 112 cm³/mol. The van der Waals surface area contributed by atoms with Gasteiger partial charge in [-0.1, -0.05) is 12.1 Å². The molecule has 0 aliphatic heterocycles. The highest BCUT2D eigenvalue weighted by Crippen LogP contribution is 2.18. The number of hydrogen-bond acceptors (Lipinski definition) is 6. The molecule has 3 aromatic rings. The van der Waals surface area contributed by atoms with E-state index in [1.165, 1.54) is 22.5 Å². The molecule has 30 heavy (non-hydrogen) atoms. The molecule has 0 aliphatic rings. The van der Waals surface area contributed by atoms with Gasteiger partial charge in [0.25, 0.3) is 5.56 Å². The zero-order valence-corrected chi connectivity index (χ0v) is 17.7. The maximum absolute atomic E-state index is 12.7. The minimum atomic E-state index is -3.43. The van der Waals surface area contributed by atoms with Gasteiger partial charge < -0.3 is 9.88 Å². The SMILES string of the molecule is CC(NC(=O)Cn1c(=O)c2c(ncn2C)n(C)c1=O)c1cccc(NS(C)(=O)=O)c1. The van der Waals surface area contributed by atoms with E-state index < -0.39 is 39.8 Å². The van der Waals surface area contributed by atoms with Gasteiger partial charge >= 0.3 is 5.69 Å². The van der Waals surface area contributed by atoms with Crippen LogP contribution in [-0.4, -0.2) is 39.3 Å². The van der Waals surface area contributed by atoms with Gasteiger partial charge in [-0.05, 0) is 24.6 Å². The Morgan fingerprint density at radius 3 is 2.60 bits per heavy atom. The molecule has 3 rings (SSSR count). The molecule has 0 aliphatic carbocycles. The maximum atomic E-state index is 12.7. The number of sulfonamides is 1. The molecule has 12 heteroatoms. The third-order valence-corrected chi connectivity index (χ3v) is 5.18. The predicted octanol–water partition coefficient (Wildman–Crippen LogP) is -0.317. The summed E-state index contributed by atoms with van der Waals surface area (Å²) in [7, 11) is -0.323. The van der Waals surface area contributed by atoms with Crippen molar-refractivity contribution in [3.8, 4) is 0 Å². The van der Waals surface area contributed by atoms with Crippen molar-refractivity contribution in [3.05, 3.63) is 57.0 Å². The molecule has 0 saturated heterocycles. The van der Waals surface area contributed by atoms with E-state index in [4.69, 9.17) is 0 Å². The van der Waals surface area contributed by atoms with Crippen LogP contribution < -0.4 is 21.3 Å². The third kappa shape index (κ3) is 4.27. The molecule has 11 nitrogen and oxygen atoms in total. The van der Waals surface area contributed by atoms with E-state index in [1.807, 2.05) is 0 Å². The van der Waals surface area contributed by atoms with Crippen LogP contribution in [0.5, 0.6) is 0 Å². The molecule has 1 atom stereocenters. The number of fused-ring (bicyclic) bond motifs is 1. The fraction of sp³-hybridized carbons (Fsp3) is 0.333. The quantitative estimate of drug-likeness (QED) is 0.546. The monoisotopic (exact) mass is 434 g/mol. The van der Waals surface area contributed by atoms with Crippen molar-refractivity contribution < 1.29 is 13.2 Å². The number of rotatable bonds is 6. The van der Waals surface area contributed by atoms with E-state index in [9.17, 15) is 22.8 Å². The molecular formula is C18H22N6O5S. The second-order valence-electron chi connectivity index (χ2n) is 7.05. The van der Waals surface area contributed by atoms with Gasteiger partial charge in [0.15, 0.2) is 11.2 Å². The third-order valence-electron chi connectivity index (χ3n) is 4.57. The molecule has 2 heterocycles. The molecule has 2 aromatic heterocycles. The molecule has 1 aromatic carbocycles. The molecule has 0 radical (unpaired) electrons. The van der Waals surface area contributed by atoms with Crippen molar-refractivity contribution in [1.29, 1.82) is 0 Å². The van der Waals surface area contributed by atoms with Gasteiger partial charge in [0.05, 0.1) is 18.6 Å². The minimum Gasteiger partial charge on any atom is -0.348 e. The first-order chi connectivity index (χ1) is 14.0. The van der Waals surface area contributed by atoms with Gasteiger partial charge in [-0.15, -0.1) is 0 Å². The van der Waals surface area contributed by atoms with E-state index in [2.05, 4.69) is 15.0 Å². The number of carbonyl (C=O) groups excluding carboxylic acids is 1. The smallest absolute Gasteiger partial charge is 0.332 e. The minimum absolute atomic E-state index is 0.220. The van der Waals surface area contributed by atoms with Crippen molar-refractivity contribution >= 4 is 32.8 Å². The molecular weight excluding hydrogens is 412 g/mol. The van der Waals surface area contributed by atoms with Crippen molar-refractivity contribution in [3.63, 3.8) is 0 Å². The number of anilines is 1. The number of aromatic nitrogens is 4. The number of amides is 1. The molecule has 1 amide bonds. The second-order valence-corrected chi connectivity index (χ2v) is 8.80. The average Bonchev–Trinajstić information content (AvgIpc) is 3.04. The van der Waals surface area contributed by atoms with Gasteiger partial charge in [0.2, 0.25) is 15.9 Å². The number of nitrogens with one attached hydrogen (secondary N) is 2. The first kappa shape index (κ1) is 21.3. The summed E-state index contributed by atoms with van der Waals surface area (Å²) in [5, 5.41) is 2.72. The van der Waals surface area contributed by atoms with Crippen LogP contribution in [-0.2, 0) is 35.5 Å². The summed E-state index contributed by atoms with van der Waals surface area (Å²) in [5.74, 6) is -0.537.